The Morgan fingerprint density at radius 1 is 1.15 bits per heavy atom. The Kier molecular flexibility index (Phi) is 5.43. The fourth-order valence-electron chi connectivity index (χ4n) is 2.99. The highest BCUT2D eigenvalue weighted by atomic mass is 32.2. The molecule has 0 spiro atoms. The molecule has 0 bridgehead atoms. The fraction of sp³-hybridized carbons (Fsp3) is 0.444. The van der Waals surface area contributed by atoms with Crippen LogP contribution in [0.5, 0.6) is 11.6 Å². The van der Waals surface area contributed by atoms with E-state index in [1.54, 1.807) is 31.3 Å². The highest BCUT2D eigenvalue weighted by Gasteiger charge is 2.32. The Hall–Kier alpha value is -2.19. The van der Waals surface area contributed by atoms with E-state index >= 15 is 0 Å². The van der Waals surface area contributed by atoms with E-state index in [0.29, 0.717) is 43.4 Å². The third kappa shape index (κ3) is 3.96. The zero-order chi connectivity index (χ0) is 18.7. The third-order valence-electron chi connectivity index (χ3n) is 4.38. The van der Waals surface area contributed by atoms with Crippen molar-refractivity contribution in [1.82, 2.24) is 14.3 Å². The van der Waals surface area contributed by atoms with E-state index in [1.165, 1.54) is 11.4 Å². The first-order valence-electron chi connectivity index (χ1n) is 8.51. The average molecular weight is 377 g/mol. The minimum atomic E-state index is -3.60. The number of rotatable bonds is 5. The van der Waals surface area contributed by atoms with Crippen LogP contribution in [0.1, 0.15) is 24.2 Å². The van der Waals surface area contributed by atoms with E-state index in [4.69, 9.17) is 9.47 Å². The van der Waals surface area contributed by atoms with E-state index in [0.717, 1.165) is 5.56 Å². The second-order valence-corrected chi connectivity index (χ2v) is 8.22. The molecule has 1 aliphatic heterocycles. The van der Waals surface area contributed by atoms with Gasteiger partial charge in [-0.25, -0.2) is 13.4 Å². The van der Waals surface area contributed by atoms with Gasteiger partial charge < -0.3 is 9.47 Å². The molecule has 0 radical (unpaired) electrons. The average Bonchev–Trinajstić information content (AvgIpc) is 2.62. The van der Waals surface area contributed by atoms with Crippen molar-refractivity contribution in [3.8, 4) is 11.6 Å². The summed E-state index contributed by atoms with van der Waals surface area (Å²) >= 11 is 0. The van der Waals surface area contributed by atoms with Gasteiger partial charge in [0.15, 0.2) is 0 Å². The summed E-state index contributed by atoms with van der Waals surface area (Å²) in [7, 11) is -2.12. The molecule has 7 nitrogen and oxygen atoms in total. The van der Waals surface area contributed by atoms with Crippen molar-refractivity contribution in [2.24, 2.45) is 0 Å². The second kappa shape index (κ2) is 7.59. The molecule has 1 saturated heterocycles. The smallest absolute Gasteiger partial charge is 0.246 e. The van der Waals surface area contributed by atoms with Crippen LogP contribution in [-0.2, 0) is 10.0 Å². The first kappa shape index (κ1) is 18.6. The zero-order valence-corrected chi connectivity index (χ0v) is 16.0. The number of ether oxygens (including phenoxy) is 2. The Morgan fingerprint density at radius 3 is 2.54 bits per heavy atom. The van der Waals surface area contributed by atoms with Gasteiger partial charge in [-0.2, -0.15) is 9.29 Å². The zero-order valence-electron chi connectivity index (χ0n) is 15.2. The highest BCUT2D eigenvalue weighted by molar-refractivity contribution is 7.89. The molecule has 1 fully saturated rings. The number of piperidine rings is 1. The molecule has 140 valence electrons. The Morgan fingerprint density at radius 2 is 1.88 bits per heavy atom. The molecule has 0 saturated carbocycles. The van der Waals surface area contributed by atoms with Gasteiger partial charge in [-0.15, -0.1) is 0 Å². The van der Waals surface area contributed by atoms with Crippen LogP contribution in [-0.4, -0.2) is 49.0 Å². The molecular formula is C18H23N3O4S. The normalized spacial score (nSPS) is 16.4. The fourth-order valence-corrected chi connectivity index (χ4v) is 4.70. The number of aromatic nitrogens is 2. The van der Waals surface area contributed by atoms with Crippen LogP contribution in [0, 0.1) is 13.8 Å². The number of methoxy groups -OCH3 is 1. The number of sulfonamides is 1. The summed E-state index contributed by atoms with van der Waals surface area (Å²) in [5.74, 6) is 1.54. The van der Waals surface area contributed by atoms with Gasteiger partial charge >= 0.3 is 0 Å². The van der Waals surface area contributed by atoms with Crippen LogP contribution in [0.4, 0.5) is 0 Å². The standard InChI is InChI=1S/C18H23N3O4S/c1-13-4-5-16(24-3)17(12-13)26(22,23)21-10-7-15(8-11-21)25-18-6-9-19-14(2)20-18/h4-6,9,12,15H,7-8,10-11H2,1-3H3. The van der Waals surface area contributed by atoms with Crippen molar-refractivity contribution in [2.45, 2.75) is 37.7 Å². The molecule has 0 amide bonds. The largest absolute Gasteiger partial charge is 0.495 e. The van der Waals surface area contributed by atoms with Crippen LogP contribution in [0.3, 0.4) is 0 Å². The molecule has 2 aromatic rings. The van der Waals surface area contributed by atoms with Gasteiger partial charge in [0.2, 0.25) is 15.9 Å². The molecular weight excluding hydrogens is 354 g/mol. The third-order valence-corrected chi connectivity index (χ3v) is 6.30. The lowest BCUT2D eigenvalue weighted by atomic mass is 10.1. The summed E-state index contributed by atoms with van der Waals surface area (Å²) in [5.41, 5.74) is 0.877. The quantitative estimate of drug-likeness (QED) is 0.795. The first-order valence-corrected chi connectivity index (χ1v) is 9.95. The topological polar surface area (TPSA) is 81.6 Å². The highest BCUT2D eigenvalue weighted by Crippen LogP contribution is 2.30. The molecule has 0 atom stereocenters. The first-order chi connectivity index (χ1) is 12.4. The van der Waals surface area contributed by atoms with Crippen molar-refractivity contribution in [2.75, 3.05) is 20.2 Å². The van der Waals surface area contributed by atoms with Gasteiger partial charge in [0.1, 0.15) is 22.6 Å². The van der Waals surface area contributed by atoms with Gasteiger partial charge in [-0.1, -0.05) is 6.07 Å². The van der Waals surface area contributed by atoms with E-state index in [-0.39, 0.29) is 11.0 Å². The second-order valence-electron chi connectivity index (χ2n) is 6.32. The van der Waals surface area contributed by atoms with Crippen LogP contribution < -0.4 is 9.47 Å². The minimum Gasteiger partial charge on any atom is -0.495 e. The molecule has 26 heavy (non-hydrogen) atoms. The van der Waals surface area contributed by atoms with Crippen molar-refractivity contribution in [3.05, 3.63) is 41.9 Å². The number of benzene rings is 1. The van der Waals surface area contributed by atoms with Crippen molar-refractivity contribution in [3.63, 3.8) is 0 Å². The van der Waals surface area contributed by atoms with Crippen molar-refractivity contribution < 1.29 is 17.9 Å². The lowest BCUT2D eigenvalue weighted by Gasteiger charge is -2.31. The van der Waals surface area contributed by atoms with E-state index in [2.05, 4.69) is 9.97 Å². The monoisotopic (exact) mass is 377 g/mol. The van der Waals surface area contributed by atoms with E-state index < -0.39 is 10.0 Å². The molecule has 8 heteroatoms. The summed E-state index contributed by atoms with van der Waals surface area (Å²) in [6.45, 7) is 4.46. The lowest BCUT2D eigenvalue weighted by Crippen LogP contribution is -2.41. The minimum absolute atomic E-state index is 0.0600. The number of hydrogen-bond acceptors (Lipinski definition) is 6. The van der Waals surface area contributed by atoms with Gasteiger partial charge in [-0.05, 0) is 44.4 Å². The van der Waals surface area contributed by atoms with Crippen molar-refractivity contribution >= 4 is 10.0 Å². The summed E-state index contributed by atoms with van der Waals surface area (Å²) in [6, 6.07) is 6.89. The summed E-state index contributed by atoms with van der Waals surface area (Å²) in [5, 5.41) is 0. The van der Waals surface area contributed by atoms with Gasteiger partial charge in [-0.3, -0.25) is 0 Å². The maximum atomic E-state index is 13.0. The summed E-state index contributed by atoms with van der Waals surface area (Å²) in [4.78, 5) is 8.49. The van der Waals surface area contributed by atoms with Crippen LogP contribution in [0.25, 0.3) is 0 Å². The molecule has 3 rings (SSSR count). The maximum Gasteiger partial charge on any atom is 0.246 e. The van der Waals surface area contributed by atoms with Gasteiger partial charge in [0, 0.05) is 25.4 Å². The Labute approximate surface area is 154 Å². The van der Waals surface area contributed by atoms with Gasteiger partial charge in [0.05, 0.1) is 7.11 Å². The summed E-state index contributed by atoms with van der Waals surface area (Å²) < 4.78 is 38.6. The molecule has 0 aliphatic carbocycles. The predicted octanol–water partition coefficient (Wildman–Crippen LogP) is 2.33. The van der Waals surface area contributed by atoms with Gasteiger partial charge in [0.25, 0.3) is 0 Å². The summed E-state index contributed by atoms with van der Waals surface area (Å²) in [6.07, 6.45) is 2.81. The van der Waals surface area contributed by atoms with Crippen LogP contribution in [0.2, 0.25) is 0 Å². The molecule has 1 aromatic heterocycles. The maximum absolute atomic E-state index is 13.0. The Bertz CT molecular complexity index is 878. The molecule has 0 unspecified atom stereocenters. The molecule has 1 aliphatic rings. The van der Waals surface area contributed by atoms with E-state index in [1.807, 2.05) is 13.0 Å². The molecule has 2 heterocycles. The SMILES string of the molecule is COc1ccc(C)cc1S(=O)(=O)N1CCC(Oc2ccnc(C)n2)CC1. The Balaban J connectivity index is 1.70. The van der Waals surface area contributed by atoms with Crippen molar-refractivity contribution in [1.29, 1.82) is 0 Å². The number of aryl methyl sites for hydroxylation is 2. The number of hydrogen-bond donors (Lipinski definition) is 0. The predicted molar refractivity (Wildman–Crippen MR) is 96.9 cm³/mol. The molecule has 0 N–H and O–H groups in total. The molecule has 1 aromatic carbocycles. The van der Waals surface area contributed by atoms with Crippen LogP contribution >= 0.6 is 0 Å². The lowest BCUT2D eigenvalue weighted by molar-refractivity contribution is 0.129. The van der Waals surface area contributed by atoms with Crippen LogP contribution in [0.15, 0.2) is 35.4 Å². The van der Waals surface area contributed by atoms with E-state index in [9.17, 15) is 8.42 Å². The number of nitrogens with zero attached hydrogens (tertiary/aromatic N) is 3.